The van der Waals surface area contributed by atoms with Crippen LogP contribution in [0.1, 0.15) is 25.3 Å². The number of phenolic OH excluding ortho intramolecular Hbond substituents is 1. The van der Waals surface area contributed by atoms with E-state index in [2.05, 4.69) is 33.8 Å². The summed E-state index contributed by atoms with van der Waals surface area (Å²) in [6.45, 7) is 5.53. The lowest BCUT2D eigenvalue weighted by molar-refractivity contribution is 0.178. The Bertz CT molecular complexity index is 359. The Morgan fingerprint density at radius 2 is 2.12 bits per heavy atom. The molecule has 3 heteroatoms. The van der Waals surface area contributed by atoms with E-state index in [4.69, 9.17) is 0 Å². The van der Waals surface area contributed by atoms with Gasteiger partial charge in [0, 0.05) is 11.4 Å². The zero-order valence-corrected chi connectivity index (χ0v) is 11.9. The molecule has 1 saturated heterocycles. The van der Waals surface area contributed by atoms with Crippen molar-refractivity contribution in [2.45, 2.75) is 31.1 Å². The van der Waals surface area contributed by atoms with E-state index in [1.54, 1.807) is 6.07 Å². The van der Waals surface area contributed by atoms with E-state index in [0.717, 1.165) is 25.6 Å². The van der Waals surface area contributed by atoms with Crippen LogP contribution in [0.4, 0.5) is 0 Å². The van der Waals surface area contributed by atoms with Gasteiger partial charge in [0.1, 0.15) is 5.75 Å². The van der Waals surface area contributed by atoms with Crippen molar-refractivity contribution in [2.75, 3.05) is 13.1 Å². The summed E-state index contributed by atoms with van der Waals surface area (Å²) in [4.78, 5) is 3.10. The zero-order chi connectivity index (χ0) is 12.3. The molecule has 1 aliphatic rings. The van der Waals surface area contributed by atoms with Crippen LogP contribution in [0, 0.1) is 5.92 Å². The second-order valence-electron chi connectivity index (χ2n) is 4.96. The van der Waals surface area contributed by atoms with E-state index in [0.29, 0.717) is 10.6 Å². The van der Waals surface area contributed by atoms with Crippen LogP contribution in [-0.4, -0.2) is 27.9 Å². The van der Waals surface area contributed by atoms with E-state index in [1.807, 2.05) is 12.1 Å². The number of aromatic hydroxyl groups is 1. The smallest absolute Gasteiger partial charge is 0.115 e. The number of alkyl halides is 1. The fourth-order valence-corrected chi connectivity index (χ4v) is 3.01. The van der Waals surface area contributed by atoms with E-state index >= 15 is 0 Å². The average molecular weight is 298 g/mol. The summed E-state index contributed by atoms with van der Waals surface area (Å²) in [7, 11) is 0. The summed E-state index contributed by atoms with van der Waals surface area (Å²) < 4.78 is 0. The van der Waals surface area contributed by atoms with Gasteiger partial charge in [-0.2, -0.15) is 0 Å². The average Bonchev–Trinajstić information content (AvgIpc) is 2.29. The predicted molar refractivity (Wildman–Crippen MR) is 74.5 cm³/mol. The lowest BCUT2D eigenvalue weighted by Crippen LogP contribution is -2.35. The van der Waals surface area contributed by atoms with Gasteiger partial charge in [0.2, 0.25) is 0 Å². The molecule has 17 heavy (non-hydrogen) atoms. The number of likely N-dealkylation sites (tertiary alicyclic amines) is 1. The van der Waals surface area contributed by atoms with Crippen LogP contribution < -0.4 is 0 Å². The number of nitrogens with zero attached hydrogens (tertiary/aromatic N) is 1. The Hall–Kier alpha value is -0.540. The Kier molecular flexibility index (Phi) is 4.46. The lowest BCUT2D eigenvalue weighted by atomic mass is 9.94. The number of rotatable bonds is 3. The van der Waals surface area contributed by atoms with Gasteiger partial charge in [-0.3, -0.25) is 4.90 Å². The first-order chi connectivity index (χ1) is 8.15. The van der Waals surface area contributed by atoms with Crippen LogP contribution in [0.5, 0.6) is 5.75 Å². The van der Waals surface area contributed by atoms with E-state index in [-0.39, 0.29) is 0 Å². The number of phenols is 1. The normalized spacial score (nSPS) is 20.4. The standard InChI is InChI=1S/C14H20BrNO/c1-11(15)13-5-7-16(8-6-13)10-12-3-2-4-14(17)9-12/h2-4,9,11,13,17H,5-8,10H2,1H3. The first-order valence-electron chi connectivity index (χ1n) is 6.29. The van der Waals surface area contributed by atoms with Crippen molar-refractivity contribution >= 4 is 15.9 Å². The summed E-state index contributed by atoms with van der Waals surface area (Å²) in [6, 6.07) is 7.58. The summed E-state index contributed by atoms with van der Waals surface area (Å²) in [5.41, 5.74) is 1.20. The van der Waals surface area contributed by atoms with Crippen molar-refractivity contribution in [2.24, 2.45) is 5.92 Å². The van der Waals surface area contributed by atoms with Crippen molar-refractivity contribution in [3.63, 3.8) is 0 Å². The van der Waals surface area contributed by atoms with Gasteiger partial charge < -0.3 is 5.11 Å². The zero-order valence-electron chi connectivity index (χ0n) is 10.3. The van der Waals surface area contributed by atoms with Gasteiger partial charge in [-0.05, 0) is 49.5 Å². The maximum Gasteiger partial charge on any atom is 0.115 e. The molecule has 1 N–H and O–H groups in total. The molecule has 0 amide bonds. The van der Waals surface area contributed by atoms with Gasteiger partial charge in [-0.1, -0.05) is 35.0 Å². The topological polar surface area (TPSA) is 23.5 Å². The lowest BCUT2D eigenvalue weighted by Gasteiger charge is -2.33. The fraction of sp³-hybridized carbons (Fsp3) is 0.571. The molecule has 1 aromatic rings. The molecule has 2 nitrogen and oxygen atoms in total. The van der Waals surface area contributed by atoms with Gasteiger partial charge in [-0.25, -0.2) is 0 Å². The molecule has 1 aromatic carbocycles. The van der Waals surface area contributed by atoms with Crippen LogP contribution in [-0.2, 0) is 6.54 Å². The molecular weight excluding hydrogens is 278 g/mol. The van der Waals surface area contributed by atoms with Gasteiger partial charge in [0.05, 0.1) is 0 Å². The summed E-state index contributed by atoms with van der Waals surface area (Å²) in [6.07, 6.45) is 2.54. The van der Waals surface area contributed by atoms with E-state index < -0.39 is 0 Å². The van der Waals surface area contributed by atoms with Gasteiger partial charge in [-0.15, -0.1) is 0 Å². The molecule has 0 spiro atoms. The van der Waals surface area contributed by atoms with Gasteiger partial charge >= 0.3 is 0 Å². The third-order valence-corrected chi connectivity index (χ3v) is 4.35. The van der Waals surface area contributed by atoms with Crippen molar-refractivity contribution in [1.82, 2.24) is 4.90 Å². The van der Waals surface area contributed by atoms with Crippen LogP contribution >= 0.6 is 15.9 Å². The molecule has 1 heterocycles. The predicted octanol–water partition coefficient (Wildman–Crippen LogP) is 3.39. The third kappa shape index (κ3) is 3.71. The fourth-order valence-electron chi connectivity index (χ4n) is 2.48. The molecule has 1 unspecified atom stereocenters. The minimum atomic E-state index is 0.367. The molecule has 0 aromatic heterocycles. The summed E-state index contributed by atoms with van der Waals surface area (Å²) in [5.74, 6) is 1.18. The Morgan fingerprint density at radius 3 is 2.71 bits per heavy atom. The van der Waals surface area contributed by atoms with Gasteiger partial charge in [0.15, 0.2) is 0 Å². The first kappa shape index (κ1) is 12.9. The summed E-state index contributed by atoms with van der Waals surface area (Å²) in [5, 5.41) is 9.43. The number of halogens is 1. The Balaban J connectivity index is 1.86. The summed E-state index contributed by atoms with van der Waals surface area (Å²) >= 11 is 3.68. The molecule has 1 fully saturated rings. The highest BCUT2D eigenvalue weighted by Crippen LogP contribution is 2.26. The quantitative estimate of drug-likeness (QED) is 0.865. The Morgan fingerprint density at radius 1 is 1.41 bits per heavy atom. The largest absolute Gasteiger partial charge is 0.508 e. The minimum Gasteiger partial charge on any atom is -0.508 e. The molecule has 0 saturated carbocycles. The number of hydrogen-bond donors (Lipinski definition) is 1. The van der Waals surface area contributed by atoms with Crippen molar-refractivity contribution in [3.05, 3.63) is 29.8 Å². The maximum atomic E-state index is 9.43. The Labute approximate surface area is 112 Å². The molecule has 94 valence electrons. The SMILES string of the molecule is CC(Br)C1CCN(Cc2cccc(O)c2)CC1. The van der Waals surface area contributed by atoms with Crippen LogP contribution in [0.25, 0.3) is 0 Å². The second-order valence-corrected chi connectivity index (χ2v) is 6.41. The third-order valence-electron chi connectivity index (χ3n) is 3.60. The highest BCUT2D eigenvalue weighted by molar-refractivity contribution is 9.09. The molecule has 0 radical (unpaired) electrons. The number of benzene rings is 1. The van der Waals surface area contributed by atoms with Crippen LogP contribution in [0.15, 0.2) is 24.3 Å². The van der Waals surface area contributed by atoms with Crippen molar-refractivity contribution < 1.29 is 5.11 Å². The molecule has 1 atom stereocenters. The maximum absolute atomic E-state index is 9.43. The van der Waals surface area contributed by atoms with Crippen molar-refractivity contribution in [3.8, 4) is 5.75 Å². The molecule has 0 aliphatic carbocycles. The monoisotopic (exact) mass is 297 g/mol. The highest BCUT2D eigenvalue weighted by Gasteiger charge is 2.22. The van der Waals surface area contributed by atoms with Gasteiger partial charge in [0.25, 0.3) is 0 Å². The highest BCUT2D eigenvalue weighted by atomic mass is 79.9. The molecule has 1 aliphatic heterocycles. The van der Waals surface area contributed by atoms with Crippen molar-refractivity contribution in [1.29, 1.82) is 0 Å². The number of piperidine rings is 1. The molecular formula is C14H20BrNO. The van der Waals surface area contributed by atoms with Crippen LogP contribution in [0.3, 0.4) is 0 Å². The molecule has 2 rings (SSSR count). The number of hydrogen-bond acceptors (Lipinski definition) is 2. The minimum absolute atomic E-state index is 0.367. The van der Waals surface area contributed by atoms with E-state index in [1.165, 1.54) is 18.4 Å². The first-order valence-corrected chi connectivity index (χ1v) is 7.21. The van der Waals surface area contributed by atoms with E-state index in [9.17, 15) is 5.11 Å². The molecule has 0 bridgehead atoms. The van der Waals surface area contributed by atoms with Crippen LogP contribution in [0.2, 0.25) is 0 Å². The second kappa shape index (κ2) is 5.87.